The second-order valence-electron chi connectivity index (χ2n) is 9.30. The predicted octanol–water partition coefficient (Wildman–Crippen LogP) is 1.69. The zero-order valence-electron chi connectivity index (χ0n) is 19.9. The van der Waals surface area contributed by atoms with Gasteiger partial charge >= 0.3 is 18.2 Å². The summed E-state index contributed by atoms with van der Waals surface area (Å²) in [5, 5.41) is 26.5. The van der Waals surface area contributed by atoms with Gasteiger partial charge in [-0.05, 0) is 54.9 Å². The van der Waals surface area contributed by atoms with Crippen molar-refractivity contribution in [2.24, 2.45) is 0 Å². The van der Waals surface area contributed by atoms with Gasteiger partial charge in [-0.1, -0.05) is 6.08 Å². The first kappa shape index (κ1) is 29.2. The van der Waals surface area contributed by atoms with E-state index in [0.717, 1.165) is 6.08 Å². The summed E-state index contributed by atoms with van der Waals surface area (Å²) in [6.45, 7) is 11.8. The summed E-state index contributed by atoms with van der Waals surface area (Å²) in [4.78, 5) is 47.0. The van der Waals surface area contributed by atoms with Crippen LogP contribution in [-0.4, -0.2) is 70.2 Å². The Balaban J connectivity index is 4.98. The van der Waals surface area contributed by atoms with Gasteiger partial charge in [0, 0.05) is 25.1 Å². The summed E-state index contributed by atoms with van der Waals surface area (Å²) in [6, 6.07) is -1.78. The quantitative estimate of drug-likeness (QED) is 0.308. The Morgan fingerprint density at radius 3 is 1.97 bits per heavy atom. The molecule has 0 heterocycles. The zero-order valence-corrected chi connectivity index (χ0v) is 19.9. The highest BCUT2D eigenvalue weighted by Crippen LogP contribution is 2.10. The predicted molar refractivity (Wildman–Crippen MR) is 117 cm³/mol. The number of rotatable bonds is 10. The minimum absolute atomic E-state index is 0.0919. The highest BCUT2D eigenvalue weighted by atomic mass is 16.6. The molecule has 184 valence electrons. The number of hydrogen-bond donors (Lipinski definition) is 5. The molecule has 0 saturated heterocycles. The van der Waals surface area contributed by atoms with Gasteiger partial charge in [0.25, 0.3) is 0 Å². The molecule has 0 fully saturated rings. The fraction of sp³-hybridized carbons (Fsp3) is 0.714. The molecule has 0 aliphatic heterocycles. The summed E-state index contributed by atoms with van der Waals surface area (Å²) in [5.74, 6) is -1.79. The number of hydrogen-bond acceptors (Lipinski definition) is 7. The Kier molecular flexibility index (Phi) is 11.8. The third-order valence-electron chi connectivity index (χ3n) is 3.56. The maximum atomic E-state index is 12.6. The van der Waals surface area contributed by atoms with Gasteiger partial charge < -0.3 is 35.6 Å². The molecule has 11 heteroatoms. The fourth-order valence-corrected chi connectivity index (χ4v) is 2.33. The van der Waals surface area contributed by atoms with Crippen molar-refractivity contribution in [1.82, 2.24) is 16.0 Å². The van der Waals surface area contributed by atoms with Crippen molar-refractivity contribution in [2.75, 3.05) is 6.54 Å². The molecule has 0 saturated carbocycles. The van der Waals surface area contributed by atoms with Gasteiger partial charge in [-0.15, -0.1) is 0 Å². The van der Waals surface area contributed by atoms with Crippen LogP contribution in [0.25, 0.3) is 0 Å². The Bertz CT molecular complexity index is 680. The van der Waals surface area contributed by atoms with Crippen molar-refractivity contribution in [3.05, 3.63) is 12.2 Å². The lowest BCUT2D eigenvalue weighted by Crippen LogP contribution is -2.51. The van der Waals surface area contributed by atoms with Crippen molar-refractivity contribution in [2.45, 2.75) is 90.7 Å². The maximum absolute atomic E-state index is 12.6. The molecule has 0 aliphatic rings. The van der Waals surface area contributed by atoms with E-state index in [-0.39, 0.29) is 19.4 Å². The van der Waals surface area contributed by atoms with E-state index in [0.29, 0.717) is 0 Å². The number of aliphatic carboxylic acids is 1. The first-order chi connectivity index (χ1) is 14.5. The number of carbonyl (C=O) groups is 4. The van der Waals surface area contributed by atoms with E-state index < -0.39 is 53.5 Å². The standard InChI is InChI=1S/C21H37N3O8/c1-13(8-9-16(26)27)23-17(28)15(24-19(30)32-21(5,6)7)12-14(25)10-11-22-18(29)31-20(2,3)4/h8-9,13-15,25H,10-12H2,1-7H3,(H,22,29)(H,23,28)(H,24,30)(H,26,27)/b9-8+/t13?,14-,15+/m1/s1. The molecule has 0 radical (unpaired) electrons. The number of aliphatic hydroxyl groups excluding tert-OH is 1. The second kappa shape index (κ2) is 12.9. The molecule has 0 bridgehead atoms. The molecule has 11 nitrogen and oxygen atoms in total. The van der Waals surface area contributed by atoms with Gasteiger partial charge in [0.15, 0.2) is 0 Å². The van der Waals surface area contributed by atoms with Crippen LogP contribution in [0.2, 0.25) is 0 Å². The van der Waals surface area contributed by atoms with Gasteiger partial charge in [0.05, 0.1) is 6.10 Å². The Morgan fingerprint density at radius 1 is 0.938 bits per heavy atom. The number of alkyl carbamates (subject to hydrolysis) is 2. The van der Waals surface area contributed by atoms with Gasteiger partial charge in [-0.25, -0.2) is 14.4 Å². The zero-order chi connectivity index (χ0) is 25.1. The second-order valence-corrected chi connectivity index (χ2v) is 9.30. The summed E-state index contributed by atoms with van der Waals surface area (Å²) in [6.07, 6.45) is -0.412. The van der Waals surface area contributed by atoms with E-state index in [9.17, 15) is 24.3 Å². The van der Waals surface area contributed by atoms with Crippen LogP contribution in [0, 0.1) is 0 Å². The SMILES string of the molecule is CC(/C=C/C(=O)O)NC(=O)[C@H](C[C@H](O)CCNC(=O)OC(C)(C)C)NC(=O)OC(C)(C)C. The molecule has 0 aromatic heterocycles. The highest BCUT2D eigenvalue weighted by Gasteiger charge is 2.27. The van der Waals surface area contributed by atoms with E-state index in [1.54, 1.807) is 48.5 Å². The van der Waals surface area contributed by atoms with Crippen LogP contribution >= 0.6 is 0 Å². The summed E-state index contributed by atoms with van der Waals surface area (Å²) in [7, 11) is 0. The highest BCUT2D eigenvalue weighted by molar-refractivity contribution is 5.86. The van der Waals surface area contributed by atoms with Gasteiger partial charge in [-0.3, -0.25) is 4.79 Å². The lowest BCUT2D eigenvalue weighted by molar-refractivity contribution is -0.131. The van der Waals surface area contributed by atoms with E-state index in [2.05, 4.69) is 16.0 Å². The molecule has 0 rings (SSSR count). The Hall–Kier alpha value is -2.82. The first-order valence-corrected chi connectivity index (χ1v) is 10.3. The van der Waals surface area contributed by atoms with E-state index in [4.69, 9.17) is 14.6 Å². The van der Waals surface area contributed by atoms with Gasteiger partial charge in [0.2, 0.25) is 5.91 Å². The van der Waals surface area contributed by atoms with E-state index >= 15 is 0 Å². The van der Waals surface area contributed by atoms with Gasteiger partial charge in [-0.2, -0.15) is 0 Å². The number of aliphatic hydroxyl groups is 1. The van der Waals surface area contributed by atoms with E-state index in [1.165, 1.54) is 6.08 Å². The normalized spacial score (nSPS) is 14.8. The molecule has 0 aliphatic carbocycles. The molecule has 0 aromatic carbocycles. The largest absolute Gasteiger partial charge is 0.478 e. The minimum atomic E-state index is -1.16. The molecule has 0 aromatic rings. The van der Waals surface area contributed by atoms with Crippen LogP contribution < -0.4 is 16.0 Å². The number of carboxylic acids is 1. The maximum Gasteiger partial charge on any atom is 0.408 e. The number of ether oxygens (including phenoxy) is 2. The van der Waals surface area contributed by atoms with Crippen LogP contribution in [0.4, 0.5) is 9.59 Å². The Morgan fingerprint density at radius 2 is 1.47 bits per heavy atom. The summed E-state index contributed by atoms with van der Waals surface area (Å²) < 4.78 is 10.3. The summed E-state index contributed by atoms with van der Waals surface area (Å²) >= 11 is 0. The topological polar surface area (TPSA) is 163 Å². The number of carbonyl (C=O) groups excluding carboxylic acids is 3. The lowest BCUT2D eigenvalue weighted by atomic mass is 10.1. The third-order valence-corrected chi connectivity index (χ3v) is 3.56. The minimum Gasteiger partial charge on any atom is -0.478 e. The molecule has 0 spiro atoms. The van der Waals surface area contributed by atoms with Crippen LogP contribution in [0.3, 0.4) is 0 Å². The molecule has 3 atom stereocenters. The number of carboxylic acid groups (broad SMARTS) is 1. The van der Waals surface area contributed by atoms with Crippen molar-refractivity contribution in [3.8, 4) is 0 Å². The molecule has 1 unspecified atom stereocenters. The average molecular weight is 460 g/mol. The molecule has 5 N–H and O–H groups in total. The van der Waals surface area contributed by atoms with Crippen molar-refractivity contribution >= 4 is 24.1 Å². The summed E-state index contributed by atoms with van der Waals surface area (Å²) in [5.41, 5.74) is -1.45. The van der Waals surface area contributed by atoms with E-state index in [1.807, 2.05) is 0 Å². The van der Waals surface area contributed by atoms with Crippen molar-refractivity contribution in [1.29, 1.82) is 0 Å². The Labute approximate surface area is 188 Å². The van der Waals surface area contributed by atoms with Gasteiger partial charge in [0.1, 0.15) is 17.2 Å². The lowest BCUT2D eigenvalue weighted by Gasteiger charge is -2.25. The van der Waals surface area contributed by atoms with Crippen LogP contribution in [0.15, 0.2) is 12.2 Å². The fourth-order valence-electron chi connectivity index (χ4n) is 2.33. The third kappa shape index (κ3) is 15.9. The number of nitrogens with one attached hydrogen (secondary N) is 3. The molecular weight excluding hydrogens is 422 g/mol. The van der Waals surface area contributed by atoms with Crippen LogP contribution in [0.1, 0.15) is 61.3 Å². The smallest absolute Gasteiger partial charge is 0.408 e. The van der Waals surface area contributed by atoms with Crippen LogP contribution in [-0.2, 0) is 19.1 Å². The molecular formula is C21H37N3O8. The van der Waals surface area contributed by atoms with Crippen molar-refractivity contribution in [3.63, 3.8) is 0 Å². The average Bonchev–Trinajstić information content (AvgIpc) is 2.56. The van der Waals surface area contributed by atoms with Crippen molar-refractivity contribution < 1.29 is 38.9 Å². The first-order valence-electron chi connectivity index (χ1n) is 10.3. The number of amides is 3. The monoisotopic (exact) mass is 459 g/mol. The molecule has 32 heavy (non-hydrogen) atoms. The van der Waals surface area contributed by atoms with Crippen LogP contribution in [0.5, 0.6) is 0 Å². The molecule has 3 amide bonds.